The largest absolute Gasteiger partial charge is 0.457 e. The molecule has 1 aliphatic heterocycles. The summed E-state index contributed by atoms with van der Waals surface area (Å²) in [7, 11) is 0. The maximum atomic E-state index is 13.5. The first-order valence-corrected chi connectivity index (χ1v) is 14.2. The fourth-order valence-corrected chi connectivity index (χ4v) is 6.18. The number of aliphatic hydroxyl groups excluding tert-OH is 1. The van der Waals surface area contributed by atoms with Crippen molar-refractivity contribution in [3.05, 3.63) is 41.4 Å². The molecule has 0 saturated carbocycles. The number of fused-ring (bicyclic) bond motifs is 1. The number of carbonyl (C=O) groups is 2. The van der Waals surface area contributed by atoms with Gasteiger partial charge in [-0.05, 0) is 62.1 Å². The van der Waals surface area contributed by atoms with Crippen molar-refractivity contribution in [2.24, 2.45) is 23.2 Å². The van der Waals surface area contributed by atoms with Crippen LogP contribution in [0.3, 0.4) is 0 Å². The number of esters is 1. The second-order valence-electron chi connectivity index (χ2n) is 11.4. The van der Waals surface area contributed by atoms with Gasteiger partial charge in [-0.3, -0.25) is 9.59 Å². The quantitative estimate of drug-likeness (QED) is 0.343. The van der Waals surface area contributed by atoms with E-state index in [1.807, 2.05) is 25.1 Å². The van der Waals surface area contributed by atoms with Crippen molar-refractivity contribution in [3.8, 4) is 0 Å². The highest BCUT2D eigenvalue weighted by Gasteiger charge is 2.41. The van der Waals surface area contributed by atoms with Gasteiger partial charge in [0.25, 0.3) is 0 Å². The zero-order chi connectivity index (χ0) is 26.5. The molecule has 1 aliphatic rings. The highest BCUT2D eigenvalue weighted by Crippen LogP contribution is 2.35. The van der Waals surface area contributed by atoms with Crippen LogP contribution in [0.1, 0.15) is 95.7 Å². The molecule has 6 heteroatoms. The SMILES string of the molecule is C=CC[C@@H]1C[C@@H](C)CCC[C@H](C)CC[C@@H](c2ccc3sc(C)nc3c2)OC(=O)C[C@H](O)C(C)(C)C1=O. The minimum Gasteiger partial charge on any atom is -0.457 e. The molecule has 1 aromatic heterocycles. The van der Waals surface area contributed by atoms with Gasteiger partial charge in [0.2, 0.25) is 0 Å². The molecule has 1 saturated heterocycles. The van der Waals surface area contributed by atoms with Crippen molar-refractivity contribution in [2.75, 3.05) is 0 Å². The summed E-state index contributed by atoms with van der Waals surface area (Å²) >= 11 is 1.65. The summed E-state index contributed by atoms with van der Waals surface area (Å²) in [6, 6.07) is 6.08. The zero-order valence-electron chi connectivity index (χ0n) is 22.6. The molecule has 2 aromatic rings. The maximum Gasteiger partial charge on any atom is 0.309 e. The molecule has 0 amide bonds. The average Bonchev–Trinajstić information content (AvgIpc) is 3.19. The lowest BCUT2D eigenvalue weighted by Crippen LogP contribution is -2.42. The van der Waals surface area contributed by atoms with Crippen LogP contribution in [0.4, 0.5) is 0 Å². The Morgan fingerprint density at radius 3 is 2.61 bits per heavy atom. The van der Waals surface area contributed by atoms with E-state index in [1.54, 1.807) is 31.3 Å². The molecular weight excluding hydrogens is 470 g/mol. The number of benzene rings is 1. The number of ether oxygens (including phenoxy) is 1. The lowest BCUT2D eigenvalue weighted by atomic mass is 9.72. The van der Waals surface area contributed by atoms with Gasteiger partial charge in [-0.2, -0.15) is 0 Å². The summed E-state index contributed by atoms with van der Waals surface area (Å²) in [4.78, 5) is 31.2. The maximum absolute atomic E-state index is 13.5. The third-order valence-corrected chi connectivity index (χ3v) is 8.77. The second kappa shape index (κ2) is 12.5. The van der Waals surface area contributed by atoms with Gasteiger partial charge in [0.1, 0.15) is 11.9 Å². The Kier molecular flexibility index (Phi) is 9.87. The average molecular weight is 514 g/mol. The number of hydrogen-bond donors (Lipinski definition) is 1. The third-order valence-electron chi connectivity index (χ3n) is 7.82. The molecular formula is C30H43NO4S. The van der Waals surface area contributed by atoms with Crippen molar-refractivity contribution in [3.63, 3.8) is 0 Å². The summed E-state index contributed by atoms with van der Waals surface area (Å²) in [5.74, 6) is 0.237. The molecule has 0 radical (unpaired) electrons. The highest BCUT2D eigenvalue weighted by molar-refractivity contribution is 7.18. The molecule has 1 aromatic carbocycles. The van der Waals surface area contributed by atoms with Gasteiger partial charge in [0, 0.05) is 5.92 Å². The van der Waals surface area contributed by atoms with E-state index >= 15 is 0 Å². The summed E-state index contributed by atoms with van der Waals surface area (Å²) in [5.41, 5.74) is 0.795. The smallest absolute Gasteiger partial charge is 0.309 e. The molecule has 36 heavy (non-hydrogen) atoms. The molecule has 0 unspecified atom stereocenters. The van der Waals surface area contributed by atoms with E-state index in [0.29, 0.717) is 18.3 Å². The Morgan fingerprint density at radius 2 is 1.89 bits per heavy atom. The van der Waals surface area contributed by atoms with E-state index in [9.17, 15) is 14.7 Å². The second-order valence-corrected chi connectivity index (χ2v) is 12.7. The minimum absolute atomic E-state index is 0.00378. The van der Waals surface area contributed by atoms with Gasteiger partial charge < -0.3 is 9.84 Å². The number of Topliss-reactive ketones (excluding diaryl/α,β-unsaturated/α-hetero) is 1. The number of aromatic nitrogens is 1. The summed E-state index contributed by atoms with van der Waals surface area (Å²) in [5, 5.41) is 12.0. The topological polar surface area (TPSA) is 76.5 Å². The first kappa shape index (κ1) is 28.5. The molecule has 198 valence electrons. The van der Waals surface area contributed by atoms with Crippen LogP contribution in [0, 0.1) is 30.1 Å². The van der Waals surface area contributed by atoms with Crippen molar-refractivity contribution >= 4 is 33.3 Å². The van der Waals surface area contributed by atoms with Gasteiger partial charge >= 0.3 is 5.97 Å². The van der Waals surface area contributed by atoms with E-state index in [-0.39, 0.29) is 18.1 Å². The van der Waals surface area contributed by atoms with E-state index in [0.717, 1.165) is 59.3 Å². The van der Waals surface area contributed by atoms with Crippen LogP contribution in [-0.2, 0) is 14.3 Å². The number of aryl methyl sites for hydroxylation is 1. The number of rotatable bonds is 3. The van der Waals surface area contributed by atoms with Gasteiger partial charge in [-0.1, -0.05) is 59.1 Å². The number of hydrogen-bond acceptors (Lipinski definition) is 6. The van der Waals surface area contributed by atoms with Gasteiger partial charge in [-0.15, -0.1) is 17.9 Å². The van der Waals surface area contributed by atoms with Crippen LogP contribution in [0.5, 0.6) is 0 Å². The van der Waals surface area contributed by atoms with Crippen LogP contribution in [-0.4, -0.2) is 27.9 Å². The molecule has 5 atom stereocenters. The number of aliphatic hydroxyl groups is 1. The Labute approximate surface area is 220 Å². The van der Waals surface area contributed by atoms with Gasteiger partial charge in [-0.25, -0.2) is 4.98 Å². The number of allylic oxidation sites excluding steroid dienone is 1. The lowest BCUT2D eigenvalue weighted by Gasteiger charge is -2.33. The Hall–Kier alpha value is -2.05. The normalized spacial score (nSPS) is 29.1. The molecule has 0 bridgehead atoms. The van der Waals surface area contributed by atoms with Crippen LogP contribution in [0.15, 0.2) is 30.9 Å². The summed E-state index contributed by atoms with van der Waals surface area (Å²) in [6.45, 7) is 13.8. The monoisotopic (exact) mass is 513 g/mol. The zero-order valence-corrected chi connectivity index (χ0v) is 23.4. The first-order chi connectivity index (χ1) is 17.0. The predicted octanol–water partition coefficient (Wildman–Crippen LogP) is 7.35. The Balaban J connectivity index is 1.86. The predicted molar refractivity (Wildman–Crippen MR) is 147 cm³/mol. The lowest BCUT2D eigenvalue weighted by molar-refractivity contribution is -0.156. The molecule has 0 aliphatic carbocycles. The Bertz CT molecular complexity index is 1060. The third kappa shape index (κ3) is 7.25. The molecule has 0 spiro atoms. The van der Waals surface area contributed by atoms with Crippen LogP contribution >= 0.6 is 11.3 Å². The van der Waals surface area contributed by atoms with Crippen LogP contribution in [0.2, 0.25) is 0 Å². The molecule has 1 fully saturated rings. The first-order valence-electron chi connectivity index (χ1n) is 13.4. The number of nitrogens with zero attached hydrogens (tertiary/aromatic N) is 1. The van der Waals surface area contributed by atoms with Crippen molar-refractivity contribution in [2.45, 2.75) is 98.2 Å². The van der Waals surface area contributed by atoms with Gasteiger partial charge in [0.05, 0.1) is 33.2 Å². The number of cyclic esters (lactones) is 1. The van der Waals surface area contributed by atoms with Crippen molar-refractivity contribution < 1.29 is 19.4 Å². The fraction of sp³-hybridized carbons (Fsp3) is 0.633. The molecule has 1 N–H and O–H groups in total. The van der Waals surface area contributed by atoms with Crippen LogP contribution in [0.25, 0.3) is 10.2 Å². The highest BCUT2D eigenvalue weighted by atomic mass is 32.1. The van der Waals surface area contributed by atoms with E-state index in [4.69, 9.17) is 4.74 Å². The van der Waals surface area contributed by atoms with Crippen molar-refractivity contribution in [1.82, 2.24) is 4.98 Å². The number of carbonyl (C=O) groups excluding carboxylic acids is 2. The molecule has 5 nitrogen and oxygen atoms in total. The fourth-order valence-electron chi connectivity index (χ4n) is 5.37. The summed E-state index contributed by atoms with van der Waals surface area (Å²) in [6.07, 6.45) is 6.39. The van der Waals surface area contributed by atoms with E-state index in [1.165, 1.54) is 0 Å². The Morgan fingerprint density at radius 1 is 1.17 bits per heavy atom. The number of ketones is 1. The summed E-state index contributed by atoms with van der Waals surface area (Å²) < 4.78 is 7.09. The standard InChI is InChI=1S/C30H43NO4S/c1-7-9-23-16-20(3)11-8-10-19(2)12-14-25(22-13-15-26-24(17-22)31-21(4)36-26)35-28(33)18-27(32)30(5,6)29(23)34/h7,13,15,17,19-20,23,25,27,32H,1,8-12,14,16,18H2,2-6H3/t19-,20-,23+,25-,27-/m0/s1. The number of thiazole rings is 1. The van der Waals surface area contributed by atoms with Crippen molar-refractivity contribution in [1.29, 1.82) is 0 Å². The molecule has 2 heterocycles. The molecule has 3 rings (SSSR count). The van der Waals surface area contributed by atoms with E-state index in [2.05, 4.69) is 25.4 Å². The minimum atomic E-state index is -1.11. The van der Waals surface area contributed by atoms with Gasteiger partial charge in [0.15, 0.2) is 0 Å². The van der Waals surface area contributed by atoms with Crippen LogP contribution < -0.4 is 0 Å². The van der Waals surface area contributed by atoms with E-state index < -0.39 is 23.6 Å².